The second kappa shape index (κ2) is 10.2. The molecule has 38 heavy (non-hydrogen) atoms. The van der Waals surface area contributed by atoms with Crippen LogP contribution in [0.2, 0.25) is 0 Å². The van der Waals surface area contributed by atoms with E-state index in [1.54, 1.807) is 9.58 Å². The molecule has 3 aromatic rings. The molecule has 3 N–H and O–H groups in total. The van der Waals surface area contributed by atoms with Crippen molar-refractivity contribution >= 4 is 23.6 Å². The van der Waals surface area contributed by atoms with E-state index in [0.29, 0.717) is 17.4 Å². The standard InChI is InChI=1S/C30H37N5O3/c1-19-5-11-23(12-6-19)35-27(18-26(33-35)30(2,3)4)32-28(36)31-22-9-7-20(8-10-22)15-21-16-24-13-14-25(17-21)34(24)29(37)38/h5-12,18,21,24-25H,13-17H2,1-4H3,(H,37,38)(H2,31,32,36)/t21-,24-,25+. The lowest BCUT2D eigenvalue weighted by Gasteiger charge is -2.37. The number of nitrogens with one attached hydrogen (secondary N) is 2. The van der Waals surface area contributed by atoms with Gasteiger partial charge in [-0.3, -0.25) is 5.32 Å². The van der Waals surface area contributed by atoms with Crippen molar-refractivity contribution in [3.63, 3.8) is 0 Å². The summed E-state index contributed by atoms with van der Waals surface area (Å²) in [5.41, 5.74) is 4.68. The van der Waals surface area contributed by atoms with Crippen LogP contribution in [0, 0.1) is 12.8 Å². The molecule has 0 aliphatic carbocycles. The minimum atomic E-state index is -0.777. The smallest absolute Gasteiger partial charge is 0.407 e. The zero-order chi connectivity index (χ0) is 27.0. The van der Waals surface area contributed by atoms with Crippen LogP contribution in [0.25, 0.3) is 5.69 Å². The number of carbonyl (C=O) groups excluding carboxylic acids is 1. The van der Waals surface area contributed by atoms with Crippen LogP contribution in [0.1, 0.15) is 63.3 Å². The predicted octanol–water partition coefficient (Wildman–Crippen LogP) is 6.59. The van der Waals surface area contributed by atoms with Gasteiger partial charge in [0.05, 0.1) is 11.4 Å². The van der Waals surface area contributed by atoms with E-state index in [0.717, 1.165) is 49.0 Å². The van der Waals surface area contributed by atoms with Gasteiger partial charge in [-0.1, -0.05) is 50.6 Å². The molecule has 2 aliphatic rings. The maximum Gasteiger partial charge on any atom is 0.407 e. The normalized spacial score (nSPS) is 20.8. The maximum atomic E-state index is 12.9. The van der Waals surface area contributed by atoms with Gasteiger partial charge in [0.2, 0.25) is 0 Å². The first kappa shape index (κ1) is 25.8. The van der Waals surface area contributed by atoms with Crippen LogP contribution in [-0.2, 0) is 11.8 Å². The fourth-order valence-electron chi connectivity index (χ4n) is 5.82. The molecule has 0 spiro atoms. The highest BCUT2D eigenvalue weighted by Crippen LogP contribution is 2.40. The number of benzene rings is 2. The first-order valence-electron chi connectivity index (χ1n) is 13.4. The molecule has 8 heteroatoms. The number of fused-ring (bicyclic) bond motifs is 2. The molecule has 2 bridgehead atoms. The van der Waals surface area contributed by atoms with Crippen LogP contribution >= 0.6 is 0 Å². The van der Waals surface area contributed by atoms with E-state index in [1.807, 2.05) is 49.4 Å². The van der Waals surface area contributed by atoms with Gasteiger partial charge in [-0.25, -0.2) is 14.3 Å². The fourth-order valence-corrected chi connectivity index (χ4v) is 5.82. The summed E-state index contributed by atoms with van der Waals surface area (Å²) in [7, 11) is 0. The molecule has 3 amide bonds. The summed E-state index contributed by atoms with van der Waals surface area (Å²) in [4.78, 5) is 26.2. The number of piperidine rings is 1. The molecule has 2 aromatic carbocycles. The van der Waals surface area contributed by atoms with Crippen LogP contribution < -0.4 is 10.6 Å². The second-order valence-electron chi connectivity index (χ2n) is 11.8. The van der Waals surface area contributed by atoms with Crippen molar-refractivity contribution in [1.29, 1.82) is 0 Å². The monoisotopic (exact) mass is 515 g/mol. The molecule has 2 fully saturated rings. The minimum Gasteiger partial charge on any atom is -0.465 e. The molecule has 3 heterocycles. The largest absolute Gasteiger partial charge is 0.465 e. The van der Waals surface area contributed by atoms with E-state index in [-0.39, 0.29) is 23.5 Å². The number of nitrogens with zero attached hydrogens (tertiary/aromatic N) is 3. The molecule has 200 valence electrons. The number of anilines is 2. The summed E-state index contributed by atoms with van der Waals surface area (Å²) in [6.07, 6.45) is 3.96. The average Bonchev–Trinajstić information content (AvgIpc) is 3.40. The van der Waals surface area contributed by atoms with Gasteiger partial charge in [-0.2, -0.15) is 5.10 Å². The van der Waals surface area contributed by atoms with E-state index in [2.05, 4.69) is 43.5 Å². The molecule has 0 radical (unpaired) electrons. The van der Waals surface area contributed by atoms with Crippen LogP contribution in [0.5, 0.6) is 0 Å². The summed E-state index contributed by atoms with van der Waals surface area (Å²) < 4.78 is 1.77. The zero-order valence-electron chi connectivity index (χ0n) is 22.6. The van der Waals surface area contributed by atoms with E-state index in [4.69, 9.17) is 5.10 Å². The lowest BCUT2D eigenvalue weighted by Crippen LogP contribution is -2.46. The highest BCUT2D eigenvalue weighted by atomic mass is 16.4. The van der Waals surface area contributed by atoms with Crippen LogP contribution in [0.15, 0.2) is 54.6 Å². The Kier molecular flexibility index (Phi) is 6.90. The Hall–Kier alpha value is -3.81. The Morgan fingerprint density at radius 3 is 2.18 bits per heavy atom. The minimum absolute atomic E-state index is 0.160. The fraction of sp³-hybridized carbons (Fsp3) is 0.433. The molecule has 1 aromatic heterocycles. The SMILES string of the molecule is Cc1ccc(-n2nc(C(C)(C)C)cc2NC(=O)Nc2ccc(C[C@@H]3C[C@H]4CC[C@@H](C3)N4C(=O)O)cc2)cc1. The summed E-state index contributed by atoms with van der Waals surface area (Å²) in [6, 6.07) is 17.9. The molecule has 8 nitrogen and oxygen atoms in total. The molecule has 0 saturated carbocycles. The van der Waals surface area contributed by atoms with Crippen LogP contribution in [0.4, 0.5) is 21.1 Å². The first-order valence-corrected chi connectivity index (χ1v) is 13.4. The summed E-state index contributed by atoms with van der Waals surface area (Å²) in [5.74, 6) is 1.10. The Morgan fingerprint density at radius 1 is 0.974 bits per heavy atom. The van der Waals surface area contributed by atoms with Gasteiger partial charge >= 0.3 is 12.1 Å². The van der Waals surface area contributed by atoms with E-state index < -0.39 is 6.09 Å². The third-order valence-electron chi connectivity index (χ3n) is 7.79. The molecule has 2 aliphatic heterocycles. The van der Waals surface area contributed by atoms with Crippen molar-refractivity contribution in [1.82, 2.24) is 14.7 Å². The van der Waals surface area contributed by atoms with Crippen molar-refractivity contribution in [3.05, 3.63) is 71.4 Å². The Morgan fingerprint density at radius 2 is 1.61 bits per heavy atom. The van der Waals surface area contributed by atoms with Crippen LogP contribution in [0.3, 0.4) is 0 Å². The summed E-state index contributed by atoms with van der Waals surface area (Å²) in [5, 5.41) is 20.2. The van der Waals surface area contributed by atoms with Gasteiger partial charge in [0.15, 0.2) is 0 Å². The third kappa shape index (κ3) is 5.54. The first-order chi connectivity index (χ1) is 18.1. The zero-order valence-corrected chi connectivity index (χ0v) is 22.6. The average molecular weight is 516 g/mol. The molecule has 2 saturated heterocycles. The Labute approximate surface area is 224 Å². The summed E-state index contributed by atoms with van der Waals surface area (Å²) in [6.45, 7) is 8.33. The van der Waals surface area contributed by atoms with E-state index in [1.165, 1.54) is 5.56 Å². The van der Waals surface area contributed by atoms with Gasteiger partial charge in [-0.15, -0.1) is 0 Å². The molecule has 5 rings (SSSR count). The van der Waals surface area contributed by atoms with E-state index in [9.17, 15) is 14.7 Å². The topological polar surface area (TPSA) is 99.5 Å². The van der Waals surface area contributed by atoms with Gasteiger partial charge < -0.3 is 15.3 Å². The predicted molar refractivity (Wildman–Crippen MR) is 149 cm³/mol. The van der Waals surface area contributed by atoms with E-state index >= 15 is 0 Å². The quantitative estimate of drug-likeness (QED) is 0.357. The molecule has 3 atom stereocenters. The lowest BCUT2D eigenvalue weighted by atomic mass is 9.86. The number of carbonyl (C=O) groups is 2. The van der Waals surface area contributed by atoms with Gasteiger partial charge in [0.25, 0.3) is 0 Å². The van der Waals surface area contributed by atoms with Crippen molar-refractivity contribution in [2.45, 2.75) is 77.3 Å². The number of urea groups is 1. The molecule has 0 unspecified atom stereocenters. The molecular weight excluding hydrogens is 478 g/mol. The number of rotatable bonds is 5. The highest BCUT2D eigenvalue weighted by Gasteiger charge is 2.43. The number of aryl methyl sites for hydroxylation is 1. The molecular formula is C30H37N5O3. The second-order valence-corrected chi connectivity index (χ2v) is 11.8. The Bertz CT molecular complexity index is 1290. The van der Waals surface area contributed by atoms with Crippen molar-refractivity contribution < 1.29 is 14.7 Å². The van der Waals surface area contributed by atoms with Crippen molar-refractivity contribution in [3.8, 4) is 5.69 Å². The van der Waals surface area contributed by atoms with Crippen molar-refractivity contribution in [2.75, 3.05) is 10.6 Å². The van der Waals surface area contributed by atoms with Gasteiger partial charge in [0.1, 0.15) is 5.82 Å². The van der Waals surface area contributed by atoms with Gasteiger partial charge in [-0.05, 0) is 74.8 Å². The lowest BCUT2D eigenvalue weighted by molar-refractivity contribution is 0.0850. The maximum absolute atomic E-state index is 12.9. The van der Waals surface area contributed by atoms with Crippen LogP contribution in [-0.4, -0.2) is 44.0 Å². The number of amides is 3. The third-order valence-corrected chi connectivity index (χ3v) is 7.79. The number of carboxylic acid groups (broad SMARTS) is 1. The van der Waals surface area contributed by atoms with Gasteiger partial charge in [0, 0.05) is 29.3 Å². The number of hydrogen-bond donors (Lipinski definition) is 3. The highest BCUT2D eigenvalue weighted by molar-refractivity contribution is 5.99. The Balaban J connectivity index is 1.23. The number of hydrogen-bond acceptors (Lipinski definition) is 3. The number of aromatic nitrogens is 2. The summed E-state index contributed by atoms with van der Waals surface area (Å²) >= 11 is 0. The van der Waals surface area contributed by atoms with Crippen molar-refractivity contribution in [2.24, 2.45) is 5.92 Å².